The van der Waals surface area contributed by atoms with Gasteiger partial charge in [-0.2, -0.15) is 0 Å². The molecule has 0 aliphatic heterocycles. The number of fused-ring (bicyclic) bond motifs is 1. The second kappa shape index (κ2) is 4.31. The topological polar surface area (TPSA) is 41.6 Å². The van der Waals surface area contributed by atoms with Crippen molar-refractivity contribution in [2.45, 2.75) is 6.92 Å². The first-order chi connectivity index (χ1) is 8.63. The lowest BCUT2D eigenvalue weighted by Crippen LogP contribution is -1.86. The summed E-state index contributed by atoms with van der Waals surface area (Å²) in [6.07, 6.45) is 0. The van der Waals surface area contributed by atoms with Gasteiger partial charge >= 0.3 is 0 Å². The van der Waals surface area contributed by atoms with E-state index in [4.69, 9.17) is 0 Å². The largest absolute Gasteiger partial charge is 0.337 e. The van der Waals surface area contributed by atoms with Gasteiger partial charge in [-0.15, -0.1) is 0 Å². The number of hydrogen-bond donors (Lipinski definition) is 1. The van der Waals surface area contributed by atoms with Gasteiger partial charge in [-0.25, -0.2) is 14.4 Å². The van der Waals surface area contributed by atoms with Crippen LogP contribution in [0.2, 0.25) is 0 Å². The van der Waals surface area contributed by atoms with Gasteiger partial charge in [0.15, 0.2) is 5.65 Å². The molecular weight excluding hydrogens is 344 g/mol. The molecule has 0 aliphatic rings. The van der Waals surface area contributed by atoms with E-state index in [0.717, 1.165) is 20.3 Å². The summed E-state index contributed by atoms with van der Waals surface area (Å²) >= 11 is 2.10. The van der Waals surface area contributed by atoms with E-state index in [2.05, 4.69) is 37.5 Å². The standard InChI is InChI=1S/C13H9FIN3/c1-7-2-5-11-13(16-7)18-12(17-11)9-4-3-8(14)6-10(9)15/h2-6H,1H3,(H,16,17,18). The lowest BCUT2D eigenvalue weighted by Gasteiger charge is -2.00. The Morgan fingerprint density at radius 1 is 1.17 bits per heavy atom. The van der Waals surface area contributed by atoms with Crippen LogP contribution in [0.15, 0.2) is 30.3 Å². The number of H-pyrrole nitrogens is 1. The van der Waals surface area contributed by atoms with Gasteiger partial charge < -0.3 is 4.98 Å². The summed E-state index contributed by atoms with van der Waals surface area (Å²) in [5, 5.41) is 0. The molecule has 2 heterocycles. The van der Waals surface area contributed by atoms with E-state index < -0.39 is 0 Å². The second-order valence-corrected chi connectivity index (χ2v) is 5.20. The lowest BCUT2D eigenvalue weighted by atomic mass is 10.2. The normalized spacial score (nSPS) is 11.1. The highest BCUT2D eigenvalue weighted by atomic mass is 127. The van der Waals surface area contributed by atoms with Crippen LogP contribution in [0.25, 0.3) is 22.6 Å². The third-order valence-corrected chi connectivity index (χ3v) is 3.56. The van der Waals surface area contributed by atoms with Crippen LogP contribution in [-0.4, -0.2) is 15.0 Å². The van der Waals surface area contributed by atoms with Crippen molar-refractivity contribution in [2.24, 2.45) is 0 Å². The maximum Gasteiger partial charge on any atom is 0.178 e. The Bertz CT molecular complexity index is 736. The fraction of sp³-hybridized carbons (Fsp3) is 0.0769. The molecule has 0 bridgehead atoms. The molecule has 3 nitrogen and oxygen atoms in total. The second-order valence-electron chi connectivity index (χ2n) is 4.03. The average molecular weight is 353 g/mol. The van der Waals surface area contributed by atoms with Gasteiger partial charge in [-0.05, 0) is 59.8 Å². The van der Waals surface area contributed by atoms with Crippen LogP contribution in [0.5, 0.6) is 0 Å². The number of aromatic amines is 1. The Morgan fingerprint density at radius 2 is 2.00 bits per heavy atom. The minimum atomic E-state index is -0.242. The molecule has 0 radical (unpaired) electrons. The number of aromatic nitrogens is 3. The van der Waals surface area contributed by atoms with E-state index in [0.29, 0.717) is 11.5 Å². The van der Waals surface area contributed by atoms with Crippen molar-refractivity contribution >= 4 is 33.8 Å². The van der Waals surface area contributed by atoms with E-state index >= 15 is 0 Å². The molecule has 18 heavy (non-hydrogen) atoms. The average Bonchev–Trinajstić information content (AvgIpc) is 2.71. The highest BCUT2D eigenvalue weighted by Crippen LogP contribution is 2.25. The molecular formula is C13H9FIN3. The summed E-state index contributed by atoms with van der Waals surface area (Å²) in [5.41, 5.74) is 3.38. The van der Waals surface area contributed by atoms with Gasteiger partial charge in [-0.3, -0.25) is 0 Å². The molecule has 0 fully saturated rings. The molecule has 0 unspecified atom stereocenters. The summed E-state index contributed by atoms with van der Waals surface area (Å²) in [4.78, 5) is 12.0. The zero-order chi connectivity index (χ0) is 12.7. The number of benzene rings is 1. The molecule has 0 spiro atoms. The van der Waals surface area contributed by atoms with Gasteiger partial charge in [-0.1, -0.05) is 0 Å². The number of pyridine rings is 1. The van der Waals surface area contributed by atoms with Gasteiger partial charge in [0.05, 0.1) is 5.52 Å². The number of rotatable bonds is 1. The number of hydrogen-bond acceptors (Lipinski definition) is 2. The molecule has 0 aliphatic carbocycles. The van der Waals surface area contributed by atoms with E-state index in [9.17, 15) is 4.39 Å². The number of nitrogens with zero attached hydrogens (tertiary/aromatic N) is 2. The zero-order valence-electron chi connectivity index (χ0n) is 9.54. The van der Waals surface area contributed by atoms with Crippen LogP contribution in [0, 0.1) is 16.3 Å². The number of aryl methyl sites for hydroxylation is 1. The Kier molecular flexibility index (Phi) is 2.77. The van der Waals surface area contributed by atoms with E-state index in [1.165, 1.54) is 12.1 Å². The van der Waals surface area contributed by atoms with Crippen molar-refractivity contribution < 1.29 is 4.39 Å². The fourth-order valence-corrected chi connectivity index (χ4v) is 2.53. The van der Waals surface area contributed by atoms with Crippen LogP contribution < -0.4 is 0 Å². The Hall–Kier alpha value is -1.50. The molecule has 2 aromatic heterocycles. The molecule has 90 valence electrons. The molecule has 1 aromatic carbocycles. The smallest absolute Gasteiger partial charge is 0.178 e. The first-order valence-corrected chi connectivity index (χ1v) is 6.50. The van der Waals surface area contributed by atoms with Gasteiger partial charge in [0, 0.05) is 14.8 Å². The monoisotopic (exact) mass is 353 g/mol. The van der Waals surface area contributed by atoms with Crippen LogP contribution in [0.4, 0.5) is 4.39 Å². The predicted molar refractivity (Wildman–Crippen MR) is 76.7 cm³/mol. The molecule has 0 saturated carbocycles. The van der Waals surface area contributed by atoms with Gasteiger partial charge in [0.1, 0.15) is 11.6 Å². The molecule has 1 N–H and O–H groups in total. The van der Waals surface area contributed by atoms with Crippen LogP contribution in [-0.2, 0) is 0 Å². The summed E-state index contributed by atoms with van der Waals surface area (Å²) < 4.78 is 13.9. The highest BCUT2D eigenvalue weighted by molar-refractivity contribution is 14.1. The number of imidazole rings is 1. The van der Waals surface area contributed by atoms with Crippen LogP contribution in [0.3, 0.4) is 0 Å². The molecule has 0 atom stereocenters. The highest BCUT2D eigenvalue weighted by Gasteiger charge is 2.10. The third-order valence-electron chi connectivity index (χ3n) is 2.67. The Labute approximate surface area is 117 Å². The zero-order valence-corrected chi connectivity index (χ0v) is 11.7. The van der Waals surface area contributed by atoms with Crippen molar-refractivity contribution in [1.82, 2.24) is 15.0 Å². The van der Waals surface area contributed by atoms with Crippen molar-refractivity contribution in [3.05, 3.63) is 45.4 Å². The summed E-state index contributed by atoms with van der Waals surface area (Å²) in [6.45, 7) is 1.93. The molecule has 0 amide bonds. The maximum absolute atomic E-state index is 13.1. The van der Waals surface area contributed by atoms with E-state index in [-0.39, 0.29) is 5.82 Å². The van der Waals surface area contributed by atoms with Crippen molar-refractivity contribution in [3.8, 4) is 11.4 Å². The number of halogens is 2. The Morgan fingerprint density at radius 3 is 2.78 bits per heavy atom. The van der Waals surface area contributed by atoms with Gasteiger partial charge in [0.2, 0.25) is 0 Å². The quantitative estimate of drug-likeness (QED) is 0.679. The van der Waals surface area contributed by atoms with Crippen LogP contribution >= 0.6 is 22.6 Å². The van der Waals surface area contributed by atoms with Crippen molar-refractivity contribution in [1.29, 1.82) is 0 Å². The molecule has 3 rings (SSSR count). The molecule has 3 aromatic rings. The van der Waals surface area contributed by atoms with Crippen LogP contribution in [0.1, 0.15) is 5.69 Å². The van der Waals surface area contributed by atoms with E-state index in [1.807, 2.05) is 19.1 Å². The SMILES string of the molecule is Cc1ccc2[nH]c(-c3ccc(F)cc3I)nc2n1. The Balaban J connectivity index is 2.19. The van der Waals surface area contributed by atoms with E-state index in [1.54, 1.807) is 6.07 Å². The fourth-order valence-electron chi connectivity index (χ4n) is 1.80. The van der Waals surface area contributed by atoms with Gasteiger partial charge in [0.25, 0.3) is 0 Å². The summed E-state index contributed by atoms with van der Waals surface area (Å²) in [5.74, 6) is 0.473. The van der Waals surface area contributed by atoms with Crippen molar-refractivity contribution in [3.63, 3.8) is 0 Å². The molecule has 0 saturated heterocycles. The molecule has 5 heteroatoms. The first-order valence-electron chi connectivity index (χ1n) is 5.42. The first kappa shape index (κ1) is 11.6. The summed E-state index contributed by atoms with van der Waals surface area (Å²) in [6, 6.07) is 8.53. The minimum Gasteiger partial charge on any atom is -0.337 e. The lowest BCUT2D eigenvalue weighted by molar-refractivity contribution is 0.627. The van der Waals surface area contributed by atoms with Crippen molar-refractivity contribution in [2.75, 3.05) is 0 Å². The predicted octanol–water partition coefficient (Wildman–Crippen LogP) is 3.68. The maximum atomic E-state index is 13.1. The summed E-state index contributed by atoms with van der Waals surface area (Å²) in [7, 11) is 0. The number of nitrogens with one attached hydrogen (secondary N) is 1. The minimum absolute atomic E-state index is 0.242. The third kappa shape index (κ3) is 1.98.